The van der Waals surface area contributed by atoms with Crippen molar-refractivity contribution in [1.82, 2.24) is 0 Å². The Kier molecular flexibility index (Phi) is 8.77. The zero-order valence-electron chi connectivity index (χ0n) is 9.37. The molecule has 0 atom stereocenters. The average Bonchev–Trinajstić information content (AvgIpc) is 2.90. The summed E-state index contributed by atoms with van der Waals surface area (Å²) in [6.45, 7) is 2.23. The van der Waals surface area contributed by atoms with Gasteiger partial charge in [0.1, 0.15) is 0 Å². The van der Waals surface area contributed by atoms with E-state index in [0.717, 1.165) is 4.47 Å². The Morgan fingerprint density at radius 2 is 1.82 bits per heavy atom. The van der Waals surface area contributed by atoms with Crippen LogP contribution in [-0.2, 0) is 21.8 Å². The van der Waals surface area contributed by atoms with Gasteiger partial charge in [-0.15, -0.1) is 0 Å². The Hall–Kier alpha value is -0.831. The van der Waals surface area contributed by atoms with Crippen molar-refractivity contribution in [3.05, 3.63) is 58.6 Å². The van der Waals surface area contributed by atoms with Gasteiger partial charge < -0.3 is 49.4 Å². The maximum atomic E-state index is 10.9. The Balaban J connectivity index is 0.000000316. The zero-order chi connectivity index (χ0) is 11.8. The van der Waals surface area contributed by atoms with E-state index in [4.69, 9.17) is 4.74 Å². The van der Waals surface area contributed by atoms with E-state index in [0.29, 0.717) is 12.2 Å². The summed E-state index contributed by atoms with van der Waals surface area (Å²) in [6, 6.07) is 15.1. The monoisotopic (exact) mass is 336 g/mol. The number of carbonyl (C=O) groups is 1. The summed E-state index contributed by atoms with van der Waals surface area (Å²) in [5.74, 6) is -0.243. The fraction of sp³-hybridized carbons (Fsp3) is 0.154. The molecule has 2 aromatic carbocycles. The number of carbonyl (C=O) groups excluding carboxylic acids is 1. The molecule has 0 fully saturated rings. The van der Waals surface area contributed by atoms with Crippen molar-refractivity contribution in [3.63, 3.8) is 0 Å². The normalized spacial score (nSPS) is 8.59. The van der Waals surface area contributed by atoms with Gasteiger partial charge in [0, 0.05) is 17.1 Å². The smallest absolute Gasteiger partial charge is 0.281 e. The largest absolute Gasteiger partial charge is 0.747 e. The van der Waals surface area contributed by atoms with Gasteiger partial charge in [0.15, 0.2) is 0 Å². The van der Waals surface area contributed by atoms with Crippen LogP contribution in [0.5, 0.6) is 0 Å². The summed E-state index contributed by atoms with van der Waals surface area (Å²) in [6.07, 6.45) is 0. The molecule has 98 valence electrons. The second-order valence-corrected chi connectivity index (χ2v) is 3.91. The van der Waals surface area contributed by atoms with Gasteiger partial charge in [-0.2, -0.15) is 12.1 Å². The first-order valence-corrected chi connectivity index (χ1v) is 5.79. The van der Waals surface area contributed by atoms with Crippen LogP contribution in [0.3, 0.4) is 0 Å². The minimum absolute atomic E-state index is 0. The molecule has 0 aliphatic rings. The van der Waals surface area contributed by atoms with E-state index >= 15 is 0 Å². The molecule has 2 aromatic rings. The van der Waals surface area contributed by atoms with Gasteiger partial charge >= 0.3 is 0 Å². The van der Waals surface area contributed by atoms with Crippen molar-refractivity contribution in [2.45, 2.75) is 6.92 Å². The second kappa shape index (κ2) is 9.23. The van der Waals surface area contributed by atoms with Crippen LogP contribution in [0.1, 0.15) is 17.3 Å². The first-order valence-electron chi connectivity index (χ1n) is 5.00. The number of ether oxygens (including phenoxy) is 1. The van der Waals surface area contributed by atoms with E-state index in [1.165, 1.54) is 0 Å². The van der Waals surface area contributed by atoms with E-state index < -0.39 is 0 Å². The van der Waals surface area contributed by atoms with Crippen molar-refractivity contribution < 1.29 is 26.6 Å². The molecular weight excluding hydrogens is 324 g/mol. The third kappa shape index (κ3) is 6.47. The summed E-state index contributed by atoms with van der Waals surface area (Å²) in [5, 5.41) is 0. The minimum Gasteiger partial charge on any atom is -0.747 e. The molecule has 0 aliphatic carbocycles. The number of rotatable bonds is 2. The third-order valence-corrected chi connectivity index (χ3v) is 2.32. The van der Waals surface area contributed by atoms with Gasteiger partial charge in [-0.25, -0.2) is 12.1 Å². The predicted molar refractivity (Wildman–Crippen MR) is 67.7 cm³/mol. The van der Waals surface area contributed by atoms with Gasteiger partial charge in [-0.3, -0.25) is 4.79 Å². The van der Waals surface area contributed by atoms with Crippen molar-refractivity contribution in [2.24, 2.45) is 0 Å². The van der Waals surface area contributed by atoms with Crippen molar-refractivity contribution in [1.29, 1.82) is 0 Å². The summed E-state index contributed by atoms with van der Waals surface area (Å²) in [7, 11) is 0. The first kappa shape index (κ1) is 16.2. The second-order valence-electron chi connectivity index (χ2n) is 3.00. The molecule has 4 heteroatoms. The molecule has 0 unspecified atom stereocenters. The molecule has 0 radical (unpaired) electrons. The Morgan fingerprint density at radius 3 is 2.18 bits per heavy atom. The first-order chi connectivity index (χ1) is 7.74. The fourth-order valence-electron chi connectivity index (χ4n) is 1.08. The fourth-order valence-corrected chi connectivity index (χ4v) is 1.38. The number of esters is 1. The predicted octanol–water partition coefficient (Wildman–Crippen LogP) is 3.75. The summed E-state index contributed by atoms with van der Waals surface area (Å²) >= 11 is 3.28. The van der Waals surface area contributed by atoms with Gasteiger partial charge in [0.05, 0.1) is 6.61 Å². The molecule has 0 heterocycles. The van der Waals surface area contributed by atoms with E-state index in [-0.39, 0.29) is 23.0 Å². The molecule has 0 bridgehead atoms. The van der Waals surface area contributed by atoms with Gasteiger partial charge in [-0.1, -0.05) is 5.56 Å². The van der Waals surface area contributed by atoms with E-state index in [9.17, 15) is 4.79 Å². The van der Waals surface area contributed by atoms with Crippen LogP contribution >= 0.6 is 15.9 Å². The Morgan fingerprint density at radius 1 is 1.29 bits per heavy atom. The Bertz CT molecular complexity index is 393. The topological polar surface area (TPSA) is 26.3 Å². The molecule has 0 saturated carbocycles. The summed E-state index contributed by atoms with van der Waals surface area (Å²) in [4.78, 5) is 10.9. The molecule has 0 aliphatic heterocycles. The average molecular weight is 337 g/mol. The standard InChI is InChI=1S/C8H9O2.C5H4Br.Fe/c1-2-10-8(9)7-5-3-4-6-7;6-5-3-1-2-4-5;/h3-6H,2H2,1H3;1-4H;/q-1;-5;. The van der Waals surface area contributed by atoms with Crippen LogP contribution in [0, 0.1) is 0 Å². The molecule has 2 rings (SSSR count). The van der Waals surface area contributed by atoms with Crippen LogP contribution in [0.4, 0.5) is 0 Å². The molecule has 0 aromatic heterocycles. The van der Waals surface area contributed by atoms with Crippen LogP contribution in [0.25, 0.3) is 0 Å². The van der Waals surface area contributed by atoms with Crippen molar-refractivity contribution >= 4 is 21.9 Å². The van der Waals surface area contributed by atoms with E-state index in [1.807, 2.05) is 36.4 Å². The van der Waals surface area contributed by atoms with E-state index in [1.54, 1.807) is 19.1 Å². The Labute approximate surface area is 120 Å². The molecule has 17 heavy (non-hydrogen) atoms. The van der Waals surface area contributed by atoms with Crippen LogP contribution in [0.15, 0.2) is 53.0 Å². The SMILES string of the molecule is Br[c-]1[cH-][cH-][cH-][cH-]1.CCOC(=O)[c-]1cccc1.[Fe]. The maximum absolute atomic E-state index is 10.9. The van der Waals surface area contributed by atoms with Crippen molar-refractivity contribution in [2.75, 3.05) is 6.61 Å². The van der Waals surface area contributed by atoms with Gasteiger partial charge in [0.2, 0.25) is 0 Å². The van der Waals surface area contributed by atoms with Crippen molar-refractivity contribution in [3.8, 4) is 0 Å². The molecule has 0 N–H and O–H groups in total. The number of halogens is 1. The zero-order valence-corrected chi connectivity index (χ0v) is 12.1. The van der Waals surface area contributed by atoms with Crippen LogP contribution in [-0.4, -0.2) is 12.6 Å². The maximum Gasteiger partial charge on any atom is 0.281 e. The summed E-state index contributed by atoms with van der Waals surface area (Å²) < 4.78 is 5.90. The number of hydrogen-bond acceptors (Lipinski definition) is 2. The van der Waals surface area contributed by atoms with Gasteiger partial charge in [0.25, 0.3) is 5.97 Å². The van der Waals surface area contributed by atoms with Crippen LogP contribution < -0.4 is 0 Å². The number of hydrogen-bond donors (Lipinski definition) is 0. The van der Waals surface area contributed by atoms with Gasteiger partial charge in [-0.05, 0) is 6.92 Å². The molecule has 2 nitrogen and oxygen atoms in total. The molecular formula is C13H13BrFeO2-6. The minimum atomic E-state index is -0.243. The summed E-state index contributed by atoms with van der Waals surface area (Å²) in [5.41, 5.74) is 0.627. The quantitative estimate of drug-likeness (QED) is 0.474. The third-order valence-electron chi connectivity index (χ3n) is 1.80. The molecule has 0 spiro atoms. The van der Waals surface area contributed by atoms with E-state index in [2.05, 4.69) is 15.9 Å². The molecule has 0 saturated heterocycles. The molecule has 0 amide bonds. The van der Waals surface area contributed by atoms with Crippen LogP contribution in [0.2, 0.25) is 0 Å².